The molecule has 0 radical (unpaired) electrons. The summed E-state index contributed by atoms with van der Waals surface area (Å²) >= 11 is 0. The van der Waals surface area contributed by atoms with E-state index in [1.54, 1.807) is 31.3 Å². The van der Waals surface area contributed by atoms with Crippen molar-refractivity contribution in [2.45, 2.75) is 19.9 Å². The first-order valence-electron chi connectivity index (χ1n) is 9.40. The molecule has 5 nitrogen and oxygen atoms in total. The first kappa shape index (κ1) is 18.6. The van der Waals surface area contributed by atoms with Crippen LogP contribution in [0.1, 0.15) is 34.6 Å². The predicted octanol–water partition coefficient (Wildman–Crippen LogP) is 4.65. The monoisotopic (exact) mass is 384 g/mol. The molecule has 1 atom stereocenters. The molecular weight excluding hydrogens is 364 g/mol. The molecule has 2 aromatic carbocycles. The Balaban J connectivity index is 1.80. The molecule has 1 amide bonds. The number of rotatable bonds is 4. The average Bonchev–Trinajstić information content (AvgIpc) is 2.77. The Morgan fingerprint density at radius 3 is 2.48 bits per heavy atom. The van der Waals surface area contributed by atoms with Crippen LogP contribution in [-0.4, -0.2) is 10.9 Å². The van der Waals surface area contributed by atoms with E-state index in [1.165, 1.54) is 0 Å². The normalized spacial score (nSPS) is 11.9. The zero-order chi connectivity index (χ0) is 20.4. The maximum Gasteiger partial charge on any atom is 0.255 e. The third-order valence-corrected chi connectivity index (χ3v) is 4.90. The molecule has 0 bridgehead atoms. The maximum atomic E-state index is 13.0. The van der Waals surface area contributed by atoms with Crippen LogP contribution < -0.4 is 10.7 Å². The molecule has 0 aliphatic rings. The van der Waals surface area contributed by atoms with Crippen LogP contribution in [0.3, 0.4) is 0 Å². The largest absolute Gasteiger partial charge is 0.455 e. The third-order valence-electron chi connectivity index (χ3n) is 4.90. The summed E-state index contributed by atoms with van der Waals surface area (Å²) < 4.78 is 6.12. The molecule has 1 unspecified atom stereocenters. The van der Waals surface area contributed by atoms with Gasteiger partial charge in [-0.15, -0.1) is 0 Å². The number of para-hydroxylation sites is 1. The van der Waals surface area contributed by atoms with Gasteiger partial charge in [0, 0.05) is 17.3 Å². The molecule has 2 heterocycles. The molecule has 0 saturated heterocycles. The standard InChI is InChI=1S/C24H20N2O3/c1-15-21(27)18-11-8-12-19(23(18)29-22(15)17-9-4-3-5-10-17)24(28)26-16(2)20-13-6-7-14-25-20/h3-14,16H,1-2H3,(H,26,28). The molecular formula is C24H20N2O3. The minimum Gasteiger partial charge on any atom is -0.455 e. The molecule has 0 saturated carbocycles. The molecule has 29 heavy (non-hydrogen) atoms. The van der Waals surface area contributed by atoms with Crippen LogP contribution in [-0.2, 0) is 0 Å². The predicted molar refractivity (Wildman–Crippen MR) is 113 cm³/mol. The number of carbonyl (C=O) groups excluding carboxylic acids is 1. The van der Waals surface area contributed by atoms with Gasteiger partial charge in [0.25, 0.3) is 5.91 Å². The van der Waals surface area contributed by atoms with Crippen LogP contribution in [0.15, 0.2) is 82.1 Å². The zero-order valence-corrected chi connectivity index (χ0v) is 16.2. The highest BCUT2D eigenvalue weighted by Gasteiger charge is 2.20. The van der Waals surface area contributed by atoms with Crippen LogP contribution in [0.2, 0.25) is 0 Å². The highest BCUT2D eigenvalue weighted by atomic mass is 16.3. The van der Waals surface area contributed by atoms with E-state index in [9.17, 15) is 9.59 Å². The van der Waals surface area contributed by atoms with E-state index in [2.05, 4.69) is 10.3 Å². The molecule has 0 spiro atoms. The lowest BCUT2D eigenvalue weighted by Crippen LogP contribution is -2.27. The first-order chi connectivity index (χ1) is 14.1. The number of carbonyl (C=O) groups is 1. The Labute approximate surface area is 168 Å². The smallest absolute Gasteiger partial charge is 0.255 e. The summed E-state index contributed by atoms with van der Waals surface area (Å²) in [5, 5.41) is 3.32. The first-order valence-corrected chi connectivity index (χ1v) is 9.40. The fourth-order valence-electron chi connectivity index (χ4n) is 3.33. The lowest BCUT2D eigenvalue weighted by atomic mass is 10.0. The minimum atomic E-state index is -0.320. The van der Waals surface area contributed by atoms with Crippen molar-refractivity contribution in [3.63, 3.8) is 0 Å². The Bertz CT molecular complexity index is 1230. The lowest BCUT2D eigenvalue weighted by molar-refractivity contribution is 0.0940. The van der Waals surface area contributed by atoms with E-state index in [1.807, 2.05) is 55.5 Å². The molecule has 0 aliphatic carbocycles. The second kappa shape index (κ2) is 7.72. The molecule has 0 fully saturated rings. The Kier molecular flexibility index (Phi) is 4.96. The van der Waals surface area contributed by atoms with Crippen molar-refractivity contribution in [3.8, 4) is 11.3 Å². The highest BCUT2D eigenvalue weighted by Crippen LogP contribution is 2.27. The van der Waals surface area contributed by atoms with Crippen molar-refractivity contribution in [1.29, 1.82) is 0 Å². The van der Waals surface area contributed by atoms with E-state index in [-0.39, 0.29) is 23.0 Å². The number of amides is 1. The van der Waals surface area contributed by atoms with Crippen molar-refractivity contribution in [1.82, 2.24) is 10.3 Å². The summed E-state index contributed by atoms with van der Waals surface area (Å²) in [6.45, 7) is 3.60. The van der Waals surface area contributed by atoms with Crippen LogP contribution in [0.5, 0.6) is 0 Å². The number of hydrogen-bond donors (Lipinski definition) is 1. The number of fused-ring (bicyclic) bond motifs is 1. The number of benzene rings is 2. The van der Waals surface area contributed by atoms with Gasteiger partial charge < -0.3 is 9.73 Å². The second-order valence-corrected chi connectivity index (χ2v) is 6.88. The van der Waals surface area contributed by atoms with Crippen LogP contribution in [0.25, 0.3) is 22.3 Å². The van der Waals surface area contributed by atoms with Gasteiger partial charge in [-0.2, -0.15) is 0 Å². The number of aromatic nitrogens is 1. The van der Waals surface area contributed by atoms with Crippen molar-refractivity contribution in [2.75, 3.05) is 0 Å². The van der Waals surface area contributed by atoms with Gasteiger partial charge in [0.15, 0.2) is 11.0 Å². The Morgan fingerprint density at radius 1 is 1.00 bits per heavy atom. The van der Waals surface area contributed by atoms with Gasteiger partial charge in [0.05, 0.1) is 22.7 Å². The van der Waals surface area contributed by atoms with Crippen molar-refractivity contribution in [2.24, 2.45) is 0 Å². The van der Waals surface area contributed by atoms with E-state index < -0.39 is 0 Å². The number of nitrogens with zero attached hydrogens (tertiary/aromatic N) is 1. The van der Waals surface area contributed by atoms with Gasteiger partial charge in [0.2, 0.25) is 0 Å². The zero-order valence-electron chi connectivity index (χ0n) is 16.2. The van der Waals surface area contributed by atoms with E-state index in [0.717, 1.165) is 11.3 Å². The molecule has 5 heteroatoms. The molecule has 1 N–H and O–H groups in total. The van der Waals surface area contributed by atoms with Gasteiger partial charge in [-0.1, -0.05) is 42.5 Å². The summed E-state index contributed by atoms with van der Waals surface area (Å²) in [6, 6.07) is 19.7. The van der Waals surface area contributed by atoms with E-state index in [4.69, 9.17) is 4.42 Å². The Hall–Kier alpha value is -3.73. The lowest BCUT2D eigenvalue weighted by Gasteiger charge is -2.15. The van der Waals surface area contributed by atoms with Crippen LogP contribution >= 0.6 is 0 Å². The van der Waals surface area contributed by atoms with E-state index >= 15 is 0 Å². The summed E-state index contributed by atoms with van der Waals surface area (Å²) in [5.74, 6) is 0.154. The quantitative estimate of drug-likeness (QED) is 0.556. The van der Waals surface area contributed by atoms with Gasteiger partial charge >= 0.3 is 0 Å². The van der Waals surface area contributed by atoms with E-state index in [0.29, 0.717) is 22.3 Å². The SMILES string of the molecule is Cc1c(-c2ccccc2)oc2c(C(=O)NC(C)c3ccccn3)cccc2c1=O. The second-order valence-electron chi connectivity index (χ2n) is 6.88. The summed E-state index contributed by atoms with van der Waals surface area (Å²) in [7, 11) is 0. The highest BCUT2D eigenvalue weighted by molar-refractivity contribution is 6.05. The van der Waals surface area contributed by atoms with Gasteiger partial charge in [0.1, 0.15) is 5.76 Å². The van der Waals surface area contributed by atoms with Crippen molar-refractivity contribution in [3.05, 3.63) is 100.0 Å². The summed E-state index contributed by atoms with van der Waals surface area (Å²) in [5.41, 5.74) is 2.53. The number of pyridine rings is 1. The Morgan fingerprint density at radius 2 is 1.76 bits per heavy atom. The number of nitrogens with one attached hydrogen (secondary N) is 1. The van der Waals surface area contributed by atoms with Crippen LogP contribution in [0, 0.1) is 6.92 Å². The van der Waals surface area contributed by atoms with Crippen molar-refractivity contribution >= 4 is 16.9 Å². The maximum absolute atomic E-state index is 13.0. The van der Waals surface area contributed by atoms with Gasteiger partial charge in [-0.05, 0) is 38.1 Å². The topological polar surface area (TPSA) is 72.2 Å². The van der Waals surface area contributed by atoms with Gasteiger partial charge in [-0.25, -0.2) is 0 Å². The van der Waals surface area contributed by atoms with Crippen molar-refractivity contribution < 1.29 is 9.21 Å². The molecule has 2 aromatic heterocycles. The fraction of sp³-hybridized carbons (Fsp3) is 0.125. The van der Waals surface area contributed by atoms with Crippen LogP contribution in [0.4, 0.5) is 0 Å². The molecule has 0 aliphatic heterocycles. The van der Waals surface area contributed by atoms with Gasteiger partial charge in [-0.3, -0.25) is 14.6 Å². The third kappa shape index (κ3) is 3.55. The average molecular weight is 384 g/mol. The minimum absolute atomic E-state index is 0.141. The summed E-state index contributed by atoms with van der Waals surface area (Å²) in [4.78, 5) is 30.2. The molecule has 4 rings (SSSR count). The fourth-order valence-corrected chi connectivity index (χ4v) is 3.33. The number of hydrogen-bond acceptors (Lipinski definition) is 4. The molecule has 144 valence electrons. The summed E-state index contributed by atoms with van der Waals surface area (Å²) in [6.07, 6.45) is 1.68. The molecule has 4 aromatic rings.